The summed E-state index contributed by atoms with van der Waals surface area (Å²) in [5.41, 5.74) is 0.590. The van der Waals surface area contributed by atoms with Crippen LogP contribution in [0.25, 0.3) is 0 Å². The molecule has 1 aromatic carbocycles. The molecule has 3 rings (SSSR count). The van der Waals surface area contributed by atoms with E-state index in [0.29, 0.717) is 11.3 Å². The molecular weight excluding hydrogens is 369 g/mol. The predicted octanol–water partition coefficient (Wildman–Crippen LogP) is 3.57. The summed E-state index contributed by atoms with van der Waals surface area (Å²) in [5.74, 6) is 0.178. The molecule has 0 N–H and O–H groups in total. The van der Waals surface area contributed by atoms with Crippen LogP contribution in [0.1, 0.15) is 11.3 Å². The van der Waals surface area contributed by atoms with Crippen molar-refractivity contribution in [3.05, 3.63) is 71.0 Å². The summed E-state index contributed by atoms with van der Waals surface area (Å²) in [6, 6.07) is 9.78. The van der Waals surface area contributed by atoms with Gasteiger partial charge in [-0.1, -0.05) is 28.9 Å². The largest absolute Gasteiger partial charge is 0.360 e. The van der Waals surface area contributed by atoms with E-state index in [0.717, 1.165) is 4.31 Å². The summed E-state index contributed by atoms with van der Waals surface area (Å²) in [7, 11) is -3.97. The zero-order valence-electron chi connectivity index (χ0n) is 13.1. The van der Waals surface area contributed by atoms with Gasteiger partial charge in [0.25, 0.3) is 10.0 Å². The first kappa shape index (κ1) is 17.4. The minimum Gasteiger partial charge on any atom is -0.360 e. The number of benzene rings is 1. The highest BCUT2D eigenvalue weighted by atomic mass is 35.5. The molecule has 2 heterocycles. The van der Waals surface area contributed by atoms with Gasteiger partial charge in [-0.25, -0.2) is 22.1 Å². The van der Waals surface area contributed by atoms with Gasteiger partial charge in [0.1, 0.15) is 21.6 Å². The lowest BCUT2D eigenvalue weighted by atomic mass is 10.2. The molecule has 0 fully saturated rings. The first-order valence-corrected chi connectivity index (χ1v) is 9.00. The lowest BCUT2D eigenvalue weighted by Crippen LogP contribution is -2.31. The maximum Gasteiger partial charge on any atom is 0.267 e. The van der Waals surface area contributed by atoms with Crippen molar-refractivity contribution < 1.29 is 17.3 Å². The second kappa shape index (κ2) is 6.81. The maximum atomic E-state index is 13.1. The molecular formula is C16H13ClFN3O3S. The maximum absolute atomic E-state index is 13.1. The van der Waals surface area contributed by atoms with Gasteiger partial charge >= 0.3 is 0 Å². The predicted molar refractivity (Wildman–Crippen MR) is 90.3 cm³/mol. The SMILES string of the molecule is Cc1cc(N(Cc2ccc(F)cc2)S(=O)(=O)c2ccc(Cl)nc2)no1. The minimum absolute atomic E-state index is 0.0420. The van der Waals surface area contributed by atoms with E-state index < -0.39 is 15.8 Å². The third kappa shape index (κ3) is 3.80. The number of aromatic nitrogens is 2. The smallest absolute Gasteiger partial charge is 0.267 e. The Balaban J connectivity index is 2.04. The van der Waals surface area contributed by atoms with Gasteiger partial charge in [0, 0.05) is 12.3 Å². The van der Waals surface area contributed by atoms with Crippen molar-refractivity contribution in [3.63, 3.8) is 0 Å². The van der Waals surface area contributed by atoms with Crippen molar-refractivity contribution >= 4 is 27.4 Å². The van der Waals surface area contributed by atoms with Crippen LogP contribution in [-0.2, 0) is 16.6 Å². The number of anilines is 1. The molecule has 0 atom stereocenters. The molecule has 0 unspecified atom stereocenters. The first-order chi connectivity index (χ1) is 11.9. The molecule has 25 heavy (non-hydrogen) atoms. The Morgan fingerprint density at radius 1 is 1.20 bits per heavy atom. The van der Waals surface area contributed by atoms with Crippen molar-refractivity contribution in [3.8, 4) is 0 Å². The first-order valence-electron chi connectivity index (χ1n) is 7.18. The van der Waals surface area contributed by atoms with Crippen LogP contribution in [0.4, 0.5) is 10.2 Å². The van der Waals surface area contributed by atoms with Crippen molar-refractivity contribution in [2.75, 3.05) is 4.31 Å². The molecule has 0 amide bonds. The second-order valence-electron chi connectivity index (χ2n) is 5.25. The Hall–Kier alpha value is -2.45. The number of aryl methyl sites for hydroxylation is 1. The third-order valence-corrected chi connectivity index (χ3v) is 5.36. The number of pyridine rings is 1. The average Bonchev–Trinajstić information content (AvgIpc) is 3.00. The highest BCUT2D eigenvalue weighted by Crippen LogP contribution is 2.26. The van der Waals surface area contributed by atoms with Crippen LogP contribution in [-0.4, -0.2) is 18.6 Å². The Morgan fingerprint density at radius 3 is 2.48 bits per heavy atom. The van der Waals surface area contributed by atoms with Gasteiger partial charge in [-0.3, -0.25) is 0 Å². The van der Waals surface area contributed by atoms with E-state index in [1.54, 1.807) is 6.92 Å². The van der Waals surface area contributed by atoms with Crippen LogP contribution in [0.15, 0.2) is 58.1 Å². The lowest BCUT2D eigenvalue weighted by Gasteiger charge is -2.21. The monoisotopic (exact) mass is 381 g/mol. The quantitative estimate of drug-likeness (QED) is 0.631. The molecule has 0 saturated carbocycles. The van der Waals surface area contributed by atoms with E-state index >= 15 is 0 Å². The van der Waals surface area contributed by atoms with E-state index in [1.165, 1.54) is 48.7 Å². The number of nitrogens with zero attached hydrogens (tertiary/aromatic N) is 3. The fraction of sp³-hybridized carbons (Fsp3) is 0.125. The standard InChI is InChI=1S/C16H13ClFN3O3S/c1-11-8-16(20-24-11)21(10-12-2-4-13(18)5-3-12)25(22,23)14-6-7-15(17)19-9-14/h2-9H,10H2,1H3. The van der Waals surface area contributed by atoms with Crippen LogP contribution in [0, 0.1) is 12.7 Å². The van der Waals surface area contributed by atoms with Gasteiger partial charge in [0.15, 0.2) is 5.82 Å². The van der Waals surface area contributed by atoms with Crippen LogP contribution < -0.4 is 4.31 Å². The fourth-order valence-electron chi connectivity index (χ4n) is 2.16. The molecule has 0 aliphatic heterocycles. The second-order valence-corrected chi connectivity index (χ2v) is 7.50. The molecule has 0 aliphatic carbocycles. The highest BCUT2D eigenvalue weighted by molar-refractivity contribution is 7.92. The van der Waals surface area contributed by atoms with E-state index in [2.05, 4.69) is 10.1 Å². The summed E-state index contributed by atoms with van der Waals surface area (Å²) in [6.07, 6.45) is 1.17. The summed E-state index contributed by atoms with van der Waals surface area (Å²) in [5, 5.41) is 3.97. The molecule has 2 aromatic heterocycles. The molecule has 3 aromatic rings. The molecule has 0 saturated heterocycles. The molecule has 0 spiro atoms. The Bertz CT molecular complexity index is 973. The molecule has 130 valence electrons. The Morgan fingerprint density at radius 2 is 1.92 bits per heavy atom. The van der Waals surface area contributed by atoms with Crippen molar-refractivity contribution in [1.29, 1.82) is 0 Å². The average molecular weight is 382 g/mol. The van der Waals surface area contributed by atoms with Crippen LogP contribution >= 0.6 is 11.6 Å². The molecule has 0 radical (unpaired) electrons. The minimum atomic E-state index is -3.97. The summed E-state index contributed by atoms with van der Waals surface area (Å²) >= 11 is 5.72. The number of rotatable bonds is 5. The van der Waals surface area contributed by atoms with E-state index in [-0.39, 0.29) is 22.4 Å². The van der Waals surface area contributed by atoms with Gasteiger partial charge < -0.3 is 4.52 Å². The normalized spacial score (nSPS) is 11.5. The number of halogens is 2. The van der Waals surface area contributed by atoms with Gasteiger partial charge in [-0.15, -0.1) is 0 Å². The number of hydrogen-bond donors (Lipinski definition) is 0. The van der Waals surface area contributed by atoms with Gasteiger partial charge in [0.05, 0.1) is 6.54 Å². The topological polar surface area (TPSA) is 76.3 Å². The lowest BCUT2D eigenvalue weighted by molar-refractivity contribution is 0.398. The Kier molecular flexibility index (Phi) is 4.73. The summed E-state index contributed by atoms with van der Waals surface area (Å²) in [6.45, 7) is 1.61. The molecule has 0 aliphatic rings. The van der Waals surface area contributed by atoms with E-state index in [9.17, 15) is 12.8 Å². The zero-order valence-corrected chi connectivity index (χ0v) is 14.6. The van der Waals surface area contributed by atoms with Crippen LogP contribution in [0.5, 0.6) is 0 Å². The zero-order chi connectivity index (χ0) is 18.0. The van der Waals surface area contributed by atoms with Crippen molar-refractivity contribution in [2.24, 2.45) is 0 Å². The molecule has 6 nitrogen and oxygen atoms in total. The number of sulfonamides is 1. The van der Waals surface area contributed by atoms with Crippen LogP contribution in [0.3, 0.4) is 0 Å². The van der Waals surface area contributed by atoms with Gasteiger partial charge in [-0.05, 0) is 36.8 Å². The van der Waals surface area contributed by atoms with E-state index in [1.807, 2.05) is 0 Å². The van der Waals surface area contributed by atoms with Gasteiger partial charge in [0.2, 0.25) is 0 Å². The number of hydrogen-bond acceptors (Lipinski definition) is 5. The third-order valence-electron chi connectivity index (χ3n) is 3.40. The van der Waals surface area contributed by atoms with Crippen LogP contribution in [0.2, 0.25) is 5.15 Å². The van der Waals surface area contributed by atoms with Crippen molar-refractivity contribution in [2.45, 2.75) is 18.4 Å². The summed E-state index contributed by atoms with van der Waals surface area (Å²) in [4.78, 5) is 3.77. The highest BCUT2D eigenvalue weighted by Gasteiger charge is 2.28. The fourth-order valence-corrected chi connectivity index (χ4v) is 3.60. The molecule has 0 bridgehead atoms. The molecule has 9 heteroatoms. The van der Waals surface area contributed by atoms with Crippen molar-refractivity contribution in [1.82, 2.24) is 10.1 Å². The summed E-state index contributed by atoms with van der Waals surface area (Å²) < 4.78 is 45.2. The van der Waals surface area contributed by atoms with Gasteiger partial charge in [-0.2, -0.15) is 0 Å². The Labute approximate surface area is 148 Å². The van der Waals surface area contributed by atoms with E-state index in [4.69, 9.17) is 16.1 Å².